The van der Waals surface area contributed by atoms with E-state index in [0.717, 1.165) is 0 Å². The Hall–Kier alpha value is -1.96. The lowest BCUT2D eigenvalue weighted by Crippen LogP contribution is -2.36. The van der Waals surface area contributed by atoms with Gasteiger partial charge in [0.15, 0.2) is 0 Å². The summed E-state index contributed by atoms with van der Waals surface area (Å²) in [6.45, 7) is 3.50. The summed E-state index contributed by atoms with van der Waals surface area (Å²) < 4.78 is 1.37. The molecule has 88 valence electrons. The second-order valence-electron chi connectivity index (χ2n) is 3.52. The van der Waals surface area contributed by atoms with Crippen molar-refractivity contribution in [2.24, 2.45) is 11.8 Å². The third-order valence-corrected chi connectivity index (χ3v) is 2.14. The Morgan fingerprint density at radius 3 is 2.88 bits per heavy atom. The lowest BCUT2D eigenvalue weighted by atomic mass is 10.2. The van der Waals surface area contributed by atoms with Crippen LogP contribution in [0.1, 0.15) is 12.5 Å². The largest absolute Gasteiger partial charge is 0.392 e. The van der Waals surface area contributed by atoms with E-state index in [9.17, 15) is 14.9 Å². The number of rotatable bonds is 4. The molecule has 0 fully saturated rings. The van der Waals surface area contributed by atoms with E-state index in [4.69, 9.17) is 5.84 Å². The lowest BCUT2D eigenvalue weighted by Gasteiger charge is -2.06. The zero-order chi connectivity index (χ0) is 12.3. The topological polar surface area (TPSA) is 116 Å². The normalized spacial score (nSPS) is 12.2. The van der Waals surface area contributed by atoms with Crippen molar-refractivity contribution < 1.29 is 9.72 Å². The highest BCUT2D eigenvalue weighted by Crippen LogP contribution is 2.14. The molecule has 0 radical (unpaired) electrons. The minimum Gasteiger partial charge on any atom is -0.358 e. The van der Waals surface area contributed by atoms with Crippen LogP contribution in [0.15, 0.2) is 6.20 Å². The van der Waals surface area contributed by atoms with Crippen LogP contribution in [0.25, 0.3) is 0 Å². The zero-order valence-electron chi connectivity index (χ0n) is 9.01. The molecular weight excluding hydrogens is 214 g/mol. The molecule has 1 unspecified atom stereocenters. The van der Waals surface area contributed by atoms with Gasteiger partial charge >= 0.3 is 5.82 Å². The molecule has 1 aromatic heterocycles. The van der Waals surface area contributed by atoms with E-state index in [1.54, 1.807) is 13.8 Å². The fraction of sp³-hybridized carbons (Fsp3) is 0.500. The maximum Gasteiger partial charge on any atom is 0.392 e. The van der Waals surface area contributed by atoms with Crippen LogP contribution in [0.2, 0.25) is 0 Å². The van der Waals surface area contributed by atoms with Gasteiger partial charge in [0.25, 0.3) is 0 Å². The first-order chi connectivity index (χ1) is 7.45. The minimum absolute atomic E-state index is 0.194. The van der Waals surface area contributed by atoms with Crippen LogP contribution < -0.4 is 11.3 Å². The summed E-state index contributed by atoms with van der Waals surface area (Å²) in [5.41, 5.74) is 2.48. The highest BCUT2D eigenvalue weighted by Gasteiger charge is 2.20. The molecule has 1 atom stereocenters. The Balaban J connectivity index is 2.79. The molecule has 0 aliphatic rings. The molecule has 3 N–H and O–H groups in total. The van der Waals surface area contributed by atoms with Gasteiger partial charge in [-0.2, -0.15) is 4.68 Å². The molecule has 1 amide bonds. The molecule has 0 bridgehead atoms. The molecule has 16 heavy (non-hydrogen) atoms. The fourth-order valence-electron chi connectivity index (χ4n) is 1.29. The summed E-state index contributed by atoms with van der Waals surface area (Å²) in [5, 5.41) is 14.3. The highest BCUT2D eigenvalue weighted by molar-refractivity contribution is 5.77. The number of aryl methyl sites for hydroxylation is 1. The van der Waals surface area contributed by atoms with E-state index in [0.29, 0.717) is 5.56 Å². The van der Waals surface area contributed by atoms with Gasteiger partial charge in [0.05, 0.1) is 29.3 Å². The zero-order valence-corrected chi connectivity index (χ0v) is 9.01. The van der Waals surface area contributed by atoms with Crippen molar-refractivity contribution in [1.82, 2.24) is 15.2 Å². The van der Waals surface area contributed by atoms with Gasteiger partial charge in [-0.05, 0) is 11.8 Å². The molecule has 0 spiro atoms. The quantitative estimate of drug-likeness (QED) is 0.318. The van der Waals surface area contributed by atoms with Crippen molar-refractivity contribution in [2.45, 2.75) is 20.4 Å². The number of nitro groups is 1. The van der Waals surface area contributed by atoms with E-state index < -0.39 is 10.8 Å². The molecule has 0 aliphatic heterocycles. The minimum atomic E-state index is -0.556. The van der Waals surface area contributed by atoms with Crippen molar-refractivity contribution in [3.63, 3.8) is 0 Å². The Morgan fingerprint density at radius 1 is 1.81 bits per heavy atom. The molecule has 8 nitrogen and oxygen atoms in total. The predicted molar refractivity (Wildman–Crippen MR) is 55.1 cm³/mol. The average Bonchev–Trinajstić information content (AvgIpc) is 2.58. The summed E-state index contributed by atoms with van der Waals surface area (Å²) in [6.07, 6.45) is 1.53. The van der Waals surface area contributed by atoms with Crippen LogP contribution in [0.4, 0.5) is 5.82 Å². The van der Waals surface area contributed by atoms with Gasteiger partial charge in [-0.1, -0.05) is 6.92 Å². The molecule has 0 saturated carbocycles. The third kappa shape index (κ3) is 2.54. The monoisotopic (exact) mass is 227 g/mol. The highest BCUT2D eigenvalue weighted by atomic mass is 16.6. The van der Waals surface area contributed by atoms with Crippen molar-refractivity contribution in [2.75, 3.05) is 0 Å². The lowest BCUT2D eigenvalue weighted by molar-refractivity contribution is -0.390. The van der Waals surface area contributed by atoms with Gasteiger partial charge in [0.2, 0.25) is 5.91 Å². The van der Waals surface area contributed by atoms with Gasteiger partial charge < -0.3 is 10.1 Å². The molecule has 1 heterocycles. The smallest absolute Gasteiger partial charge is 0.358 e. The molecular formula is C8H13N5O3. The van der Waals surface area contributed by atoms with Crippen LogP contribution in [0.5, 0.6) is 0 Å². The van der Waals surface area contributed by atoms with E-state index in [1.165, 1.54) is 10.9 Å². The maximum absolute atomic E-state index is 11.1. The molecule has 0 aliphatic carbocycles. The maximum atomic E-state index is 11.1. The molecule has 0 saturated heterocycles. The fourth-order valence-corrected chi connectivity index (χ4v) is 1.29. The summed E-state index contributed by atoms with van der Waals surface area (Å²) in [7, 11) is 0. The van der Waals surface area contributed by atoms with Gasteiger partial charge in [0.1, 0.15) is 0 Å². The average molecular weight is 227 g/mol. The van der Waals surface area contributed by atoms with Crippen LogP contribution in [0.3, 0.4) is 0 Å². The number of carbonyl (C=O) groups is 1. The van der Waals surface area contributed by atoms with E-state index in [2.05, 4.69) is 5.10 Å². The van der Waals surface area contributed by atoms with Gasteiger partial charge in [-0.15, -0.1) is 0 Å². The van der Waals surface area contributed by atoms with Crippen LogP contribution in [0, 0.1) is 23.0 Å². The Kier molecular flexibility index (Phi) is 3.56. The molecule has 8 heteroatoms. The number of nitrogens with one attached hydrogen (secondary N) is 1. The third-order valence-electron chi connectivity index (χ3n) is 2.14. The Bertz CT molecular complexity index is 414. The Labute approximate surface area is 91.5 Å². The standard InChI is InChI=1S/C8H13N5O3/c1-5-3-12(11-7(5)13(15)16)4-6(2)8(14)10-9/h3,6H,4,9H2,1-2H3,(H,10,14). The van der Waals surface area contributed by atoms with Gasteiger partial charge in [-0.3, -0.25) is 10.2 Å². The first-order valence-electron chi connectivity index (χ1n) is 4.64. The summed E-state index contributed by atoms with van der Waals surface area (Å²) >= 11 is 0. The van der Waals surface area contributed by atoms with Crippen molar-refractivity contribution in [3.05, 3.63) is 21.9 Å². The predicted octanol–water partition coefficient (Wildman–Crippen LogP) is -0.274. The molecule has 0 aromatic carbocycles. The summed E-state index contributed by atoms with van der Waals surface area (Å²) in [4.78, 5) is 21.1. The van der Waals surface area contributed by atoms with Crippen LogP contribution in [-0.2, 0) is 11.3 Å². The number of hydrogen-bond acceptors (Lipinski definition) is 5. The van der Waals surface area contributed by atoms with Crippen LogP contribution in [-0.4, -0.2) is 20.6 Å². The van der Waals surface area contributed by atoms with Crippen molar-refractivity contribution in [3.8, 4) is 0 Å². The Morgan fingerprint density at radius 2 is 2.44 bits per heavy atom. The molecule has 1 aromatic rings. The van der Waals surface area contributed by atoms with Gasteiger partial charge in [-0.25, -0.2) is 5.84 Å². The summed E-state index contributed by atoms with van der Waals surface area (Å²) in [5.74, 6) is 4.04. The number of nitrogens with zero attached hydrogens (tertiary/aromatic N) is 3. The number of hydrogen-bond donors (Lipinski definition) is 2. The summed E-state index contributed by atoms with van der Waals surface area (Å²) in [6, 6.07) is 0. The van der Waals surface area contributed by atoms with E-state index in [1.807, 2.05) is 5.43 Å². The first-order valence-corrected chi connectivity index (χ1v) is 4.64. The second kappa shape index (κ2) is 4.71. The number of nitrogens with two attached hydrogens (primary N) is 1. The number of aromatic nitrogens is 2. The number of amides is 1. The van der Waals surface area contributed by atoms with E-state index >= 15 is 0 Å². The first kappa shape index (κ1) is 12.1. The number of carbonyl (C=O) groups excluding carboxylic acids is 1. The number of hydrazine groups is 1. The van der Waals surface area contributed by atoms with Crippen molar-refractivity contribution >= 4 is 11.7 Å². The van der Waals surface area contributed by atoms with Crippen LogP contribution >= 0.6 is 0 Å². The SMILES string of the molecule is Cc1cn(CC(C)C(=O)NN)nc1[N+](=O)[O-]. The second-order valence-corrected chi connectivity index (χ2v) is 3.52. The molecule has 1 rings (SSSR count). The van der Waals surface area contributed by atoms with Gasteiger partial charge in [0, 0.05) is 0 Å². The van der Waals surface area contributed by atoms with Crippen molar-refractivity contribution in [1.29, 1.82) is 0 Å². The van der Waals surface area contributed by atoms with E-state index in [-0.39, 0.29) is 18.3 Å².